The number of hydrogen-bond acceptors (Lipinski definition) is 7. The Bertz CT molecular complexity index is 1430. The number of halogens is 1. The second kappa shape index (κ2) is 15.0. The van der Waals surface area contributed by atoms with Gasteiger partial charge < -0.3 is 25.7 Å². The Morgan fingerprint density at radius 3 is 2.35 bits per heavy atom. The van der Waals surface area contributed by atoms with E-state index in [2.05, 4.69) is 21.1 Å². The Morgan fingerprint density at radius 2 is 1.73 bits per heavy atom. The monoisotopic (exact) mass is 683 g/mol. The second-order valence-corrected chi connectivity index (χ2v) is 15.7. The summed E-state index contributed by atoms with van der Waals surface area (Å²) in [5.74, 6) is -2.08. The third kappa shape index (κ3) is 8.39. The molecule has 1 spiro atoms. The van der Waals surface area contributed by atoms with Crippen molar-refractivity contribution in [2.45, 2.75) is 122 Å². The minimum atomic E-state index is -1.02. The second-order valence-electron chi connectivity index (χ2n) is 15.3. The molecule has 262 valence electrons. The highest BCUT2D eigenvalue weighted by atomic mass is 35.5. The largest absolute Gasteiger partial charge is 0.387 e. The van der Waals surface area contributed by atoms with Gasteiger partial charge in [0, 0.05) is 36.9 Å². The van der Waals surface area contributed by atoms with E-state index < -0.39 is 52.6 Å². The molecule has 0 radical (unpaired) electrons. The maximum Gasteiger partial charge on any atom is 0.289 e. The fraction of sp³-hybridized carbons (Fsp3) is 0.667. The van der Waals surface area contributed by atoms with Gasteiger partial charge in [-0.2, -0.15) is 0 Å². The van der Waals surface area contributed by atoms with Crippen LogP contribution < -0.4 is 16.0 Å². The number of amides is 4. The highest BCUT2D eigenvalue weighted by Crippen LogP contribution is 2.40. The van der Waals surface area contributed by atoms with Gasteiger partial charge in [0.25, 0.3) is 5.91 Å². The van der Waals surface area contributed by atoms with E-state index in [1.807, 2.05) is 32.9 Å². The van der Waals surface area contributed by atoms with E-state index in [9.17, 15) is 24.0 Å². The molecule has 4 atom stereocenters. The number of carbonyl (C=O) groups excluding carboxylic acids is 5. The van der Waals surface area contributed by atoms with Crippen molar-refractivity contribution in [1.29, 1.82) is 0 Å². The summed E-state index contributed by atoms with van der Waals surface area (Å²) < 4.78 is 0. The van der Waals surface area contributed by atoms with E-state index in [1.165, 1.54) is 18.4 Å². The molecule has 2 saturated carbocycles. The number of benzene rings is 1. The summed E-state index contributed by atoms with van der Waals surface area (Å²) in [6, 6.07) is 4.30. The molecule has 3 fully saturated rings. The normalized spacial score (nSPS) is 24.2. The van der Waals surface area contributed by atoms with Gasteiger partial charge in [-0.15, -0.1) is 0 Å². The van der Waals surface area contributed by atoms with Crippen LogP contribution in [0.1, 0.15) is 103 Å². The molecule has 2 aliphatic carbocycles. The standard InChI is InChI=1S/C36H50ClN5O6/c1-35(2,3)31(40-29(43)17-23-10-6-5-7-11-23)34(47)42-21-36(19-27(41-48-36)24-14-9-15-25(37)18-24)20-28(42)32(45)39-26(16-22-12-8-13-22)30(44)33(46)38-4/h9,14-15,18,22-23,26,28,31H,5-8,10-13,16-17,19-21H2,1-4H3,(H,38,46)(H,39,45)(H,40,43)/t26-,28-,31+,36+/m0/s1. The van der Waals surface area contributed by atoms with Gasteiger partial charge in [0.15, 0.2) is 5.60 Å². The van der Waals surface area contributed by atoms with E-state index in [1.54, 1.807) is 12.1 Å². The third-order valence-corrected chi connectivity index (χ3v) is 10.7. The molecule has 4 amide bonds. The van der Waals surface area contributed by atoms with Crippen molar-refractivity contribution in [2.75, 3.05) is 13.6 Å². The lowest BCUT2D eigenvalue weighted by molar-refractivity contribution is -0.145. The smallest absolute Gasteiger partial charge is 0.289 e. The van der Waals surface area contributed by atoms with Crippen molar-refractivity contribution < 1.29 is 28.8 Å². The number of likely N-dealkylation sites (tertiary alicyclic amines) is 1. The van der Waals surface area contributed by atoms with Crippen LogP contribution in [-0.4, -0.2) is 77.3 Å². The Balaban J connectivity index is 1.40. The fourth-order valence-corrected chi connectivity index (χ4v) is 7.67. The number of likely N-dealkylation sites (N-methyl/N-ethyl adjacent to an activating group) is 1. The van der Waals surface area contributed by atoms with Crippen molar-refractivity contribution in [1.82, 2.24) is 20.9 Å². The minimum Gasteiger partial charge on any atom is -0.387 e. The first-order valence-corrected chi connectivity index (χ1v) is 17.8. The molecule has 48 heavy (non-hydrogen) atoms. The quantitative estimate of drug-likeness (QED) is 0.297. The Hall–Kier alpha value is -3.47. The number of hydrogen-bond donors (Lipinski definition) is 3. The first-order chi connectivity index (χ1) is 22.8. The Labute approximate surface area is 288 Å². The van der Waals surface area contributed by atoms with Crippen LogP contribution in [0, 0.1) is 17.3 Å². The maximum atomic E-state index is 14.6. The molecular weight excluding hydrogens is 634 g/mol. The average molecular weight is 684 g/mol. The molecule has 2 aliphatic heterocycles. The van der Waals surface area contributed by atoms with Gasteiger partial charge >= 0.3 is 0 Å². The van der Waals surface area contributed by atoms with Crippen molar-refractivity contribution in [2.24, 2.45) is 22.4 Å². The highest BCUT2D eigenvalue weighted by molar-refractivity contribution is 6.38. The van der Waals surface area contributed by atoms with Gasteiger partial charge in [0.2, 0.25) is 23.5 Å². The number of oxime groups is 1. The molecule has 2 heterocycles. The van der Waals surface area contributed by atoms with Crippen LogP contribution in [0.25, 0.3) is 0 Å². The third-order valence-electron chi connectivity index (χ3n) is 10.5. The predicted molar refractivity (Wildman–Crippen MR) is 182 cm³/mol. The van der Waals surface area contributed by atoms with Gasteiger partial charge in [-0.3, -0.25) is 24.0 Å². The van der Waals surface area contributed by atoms with E-state index in [0.29, 0.717) is 35.9 Å². The molecule has 1 aromatic carbocycles. The zero-order chi connectivity index (χ0) is 34.6. The molecule has 3 N–H and O–H groups in total. The summed E-state index contributed by atoms with van der Waals surface area (Å²) in [4.78, 5) is 75.1. The summed E-state index contributed by atoms with van der Waals surface area (Å²) in [6.07, 6.45) is 9.46. The van der Waals surface area contributed by atoms with Crippen molar-refractivity contribution in [3.63, 3.8) is 0 Å². The molecule has 4 aliphatic rings. The zero-order valence-corrected chi connectivity index (χ0v) is 29.4. The highest BCUT2D eigenvalue weighted by Gasteiger charge is 2.55. The van der Waals surface area contributed by atoms with Gasteiger partial charge in [0.1, 0.15) is 12.1 Å². The van der Waals surface area contributed by atoms with Crippen LogP contribution in [0.2, 0.25) is 5.02 Å². The fourth-order valence-electron chi connectivity index (χ4n) is 7.48. The molecule has 0 unspecified atom stereocenters. The van der Waals surface area contributed by atoms with E-state index >= 15 is 0 Å². The first kappa shape index (κ1) is 35.8. The number of Topliss-reactive ketones (excluding diaryl/α,β-unsaturated/α-hetero) is 1. The van der Waals surface area contributed by atoms with Crippen LogP contribution in [0.3, 0.4) is 0 Å². The molecule has 1 saturated heterocycles. The van der Waals surface area contributed by atoms with Gasteiger partial charge in [-0.25, -0.2) is 0 Å². The van der Waals surface area contributed by atoms with Gasteiger partial charge in [0.05, 0.1) is 18.3 Å². The Kier molecular flexibility index (Phi) is 11.2. The summed E-state index contributed by atoms with van der Waals surface area (Å²) >= 11 is 6.25. The number of ketones is 1. The van der Waals surface area contributed by atoms with Crippen molar-refractivity contribution in [3.05, 3.63) is 34.9 Å². The molecule has 1 aromatic rings. The minimum absolute atomic E-state index is 0.0548. The number of carbonyl (C=O) groups is 5. The summed E-state index contributed by atoms with van der Waals surface area (Å²) in [5, 5.41) is 13.2. The number of rotatable bonds is 11. The molecule has 12 heteroatoms. The Morgan fingerprint density at radius 1 is 1.02 bits per heavy atom. The zero-order valence-electron chi connectivity index (χ0n) is 28.6. The topological polar surface area (TPSA) is 146 Å². The lowest BCUT2D eigenvalue weighted by Crippen LogP contribution is -2.59. The summed E-state index contributed by atoms with van der Waals surface area (Å²) in [6.45, 7) is 5.72. The summed E-state index contributed by atoms with van der Waals surface area (Å²) in [7, 11) is 1.38. The van der Waals surface area contributed by atoms with Crippen molar-refractivity contribution in [3.8, 4) is 0 Å². The summed E-state index contributed by atoms with van der Waals surface area (Å²) in [5.41, 5.74) is -0.240. The molecule has 11 nitrogen and oxygen atoms in total. The van der Waals surface area contributed by atoms with Crippen LogP contribution in [0.5, 0.6) is 0 Å². The maximum absolute atomic E-state index is 14.6. The van der Waals surface area contributed by atoms with E-state index in [-0.39, 0.29) is 24.8 Å². The van der Waals surface area contributed by atoms with Crippen LogP contribution >= 0.6 is 11.6 Å². The molecular formula is C36H50ClN5O6. The van der Waals surface area contributed by atoms with Gasteiger partial charge in [-0.1, -0.05) is 88.2 Å². The lowest BCUT2D eigenvalue weighted by atomic mass is 9.80. The van der Waals surface area contributed by atoms with Crippen LogP contribution in [-0.2, 0) is 28.8 Å². The number of nitrogens with one attached hydrogen (secondary N) is 3. The lowest BCUT2D eigenvalue weighted by Gasteiger charge is -2.36. The van der Waals surface area contributed by atoms with Gasteiger partial charge in [-0.05, 0) is 48.6 Å². The molecule has 5 rings (SSSR count). The first-order valence-electron chi connectivity index (χ1n) is 17.5. The average Bonchev–Trinajstić information content (AvgIpc) is 3.63. The van der Waals surface area contributed by atoms with Crippen molar-refractivity contribution >= 4 is 46.7 Å². The predicted octanol–water partition coefficient (Wildman–Crippen LogP) is 4.30. The molecule has 0 bridgehead atoms. The molecule has 0 aromatic heterocycles. The number of nitrogens with zero attached hydrogens (tertiary/aromatic N) is 2. The van der Waals surface area contributed by atoms with Crippen LogP contribution in [0.15, 0.2) is 29.4 Å². The van der Waals surface area contributed by atoms with E-state index in [0.717, 1.165) is 50.5 Å². The SMILES string of the molecule is CNC(=O)C(=O)[C@H](CC1CCC1)NC(=O)[C@@H]1C[C@]2(CC(c3cccc(Cl)c3)=NO2)CN1C(=O)[C@@H](NC(=O)CC1CCCCC1)C(C)(C)C. The van der Waals surface area contributed by atoms with Crippen LogP contribution in [0.4, 0.5) is 0 Å². The van der Waals surface area contributed by atoms with E-state index in [4.69, 9.17) is 16.4 Å².